The molecule has 0 aliphatic heterocycles. The predicted octanol–water partition coefficient (Wildman–Crippen LogP) is 2.49. The average molecular weight is 255 g/mol. The fraction of sp³-hybridized carbons (Fsp3) is 0.250. The number of nitrogens with two attached hydrogens (primary N) is 1. The van der Waals surface area contributed by atoms with E-state index >= 15 is 0 Å². The third kappa shape index (κ3) is 2.89. The summed E-state index contributed by atoms with van der Waals surface area (Å²) in [6.07, 6.45) is -1.78. The number of rotatable bonds is 3. The Balaban J connectivity index is 2.27. The largest absolute Gasteiger partial charge is 0.406 e. The van der Waals surface area contributed by atoms with Crippen LogP contribution in [0.25, 0.3) is 0 Å². The van der Waals surface area contributed by atoms with E-state index in [0.29, 0.717) is 5.69 Å². The molecule has 3 nitrogen and oxygen atoms in total. The molecule has 2 N–H and O–H groups in total. The van der Waals surface area contributed by atoms with Gasteiger partial charge in [0.2, 0.25) is 0 Å². The van der Waals surface area contributed by atoms with Crippen LogP contribution < -0.4 is 5.73 Å². The van der Waals surface area contributed by atoms with Crippen molar-refractivity contribution >= 4 is 0 Å². The zero-order valence-electron chi connectivity index (χ0n) is 9.43. The van der Waals surface area contributed by atoms with Gasteiger partial charge in [-0.3, -0.25) is 0 Å². The highest BCUT2D eigenvalue weighted by Crippen LogP contribution is 2.23. The summed E-state index contributed by atoms with van der Waals surface area (Å²) in [4.78, 5) is 3.74. The normalized spacial score (nSPS) is 13.6. The first-order valence-corrected chi connectivity index (χ1v) is 5.34. The molecule has 0 aliphatic rings. The number of alkyl halides is 3. The molecule has 1 aromatic carbocycles. The molecule has 0 saturated heterocycles. The number of aromatic nitrogens is 2. The third-order valence-electron chi connectivity index (χ3n) is 2.57. The Morgan fingerprint density at radius 1 is 1.22 bits per heavy atom. The van der Waals surface area contributed by atoms with E-state index in [1.54, 1.807) is 24.3 Å². The lowest BCUT2D eigenvalue weighted by Gasteiger charge is -2.16. The van der Waals surface area contributed by atoms with Crippen molar-refractivity contribution in [1.29, 1.82) is 0 Å². The smallest absolute Gasteiger partial charge is 0.324 e. The summed E-state index contributed by atoms with van der Waals surface area (Å²) < 4.78 is 38.2. The SMILES string of the molecule is NC(c1ccccc1)c1cncn1CC(F)(F)F. The number of nitrogens with zero attached hydrogens (tertiary/aromatic N) is 2. The van der Waals surface area contributed by atoms with Gasteiger partial charge in [-0.05, 0) is 5.56 Å². The van der Waals surface area contributed by atoms with Crippen molar-refractivity contribution in [2.45, 2.75) is 18.8 Å². The predicted molar refractivity (Wildman–Crippen MR) is 60.8 cm³/mol. The third-order valence-corrected chi connectivity index (χ3v) is 2.57. The molecule has 1 atom stereocenters. The molecule has 2 rings (SSSR count). The first kappa shape index (κ1) is 12.6. The van der Waals surface area contributed by atoms with Crippen molar-refractivity contribution in [3.8, 4) is 0 Å². The molecule has 18 heavy (non-hydrogen) atoms. The highest BCUT2D eigenvalue weighted by molar-refractivity contribution is 5.26. The second-order valence-electron chi connectivity index (χ2n) is 3.95. The number of imidazole rings is 1. The van der Waals surface area contributed by atoms with E-state index < -0.39 is 18.8 Å². The van der Waals surface area contributed by atoms with Gasteiger partial charge in [-0.15, -0.1) is 0 Å². The van der Waals surface area contributed by atoms with Gasteiger partial charge in [0.05, 0.1) is 24.3 Å². The maximum atomic E-state index is 12.4. The topological polar surface area (TPSA) is 43.8 Å². The summed E-state index contributed by atoms with van der Waals surface area (Å²) in [6.45, 7) is -1.08. The standard InChI is InChI=1S/C12H12F3N3/c13-12(14,15)7-18-8-17-6-10(18)11(16)9-4-2-1-3-5-9/h1-6,8,11H,7,16H2. The molecular formula is C12H12F3N3. The number of hydrogen-bond donors (Lipinski definition) is 1. The lowest BCUT2D eigenvalue weighted by molar-refractivity contribution is -0.141. The van der Waals surface area contributed by atoms with Gasteiger partial charge in [-0.25, -0.2) is 4.98 Å². The molecule has 0 amide bonds. The molecule has 96 valence electrons. The van der Waals surface area contributed by atoms with Gasteiger partial charge in [-0.1, -0.05) is 30.3 Å². The van der Waals surface area contributed by atoms with Crippen molar-refractivity contribution in [2.75, 3.05) is 0 Å². The first-order valence-electron chi connectivity index (χ1n) is 5.34. The second kappa shape index (κ2) is 4.81. The van der Waals surface area contributed by atoms with Crippen LogP contribution in [-0.4, -0.2) is 15.7 Å². The quantitative estimate of drug-likeness (QED) is 0.915. The van der Waals surface area contributed by atoms with Crippen LogP contribution in [0.5, 0.6) is 0 Å². The summed E-state index contributed by atoms with van der Waals surface area (Å²) in [5, 5.41) is 0. The molecule has 0 aliphatic carbocycles. The molecule has 2 aromatic rings. The van der Waals surface area contributed by atoms with Crippen molar-refractivity contribution in [3.05, 3.63) is 54.1 Å². The minimum atomic E-state index is -4.29. The van der Waals surface area contributed by atoms with Crippen LogP contribution in [0.2, 0.25) is 0 Å². The lowest BCUT2D eigenvalue weighted by Crippen LogP contribution is -2.22. The number of benzene rings is 1. The second-order valence-corrected chi connectivity index (χ2v) is 3.95. The Kier molecular flexibility index (Phi) is 3.38. The summed E-state index contributed by atoms with van der Waals surface area (Å²) in [5.74, 6) is 0. The van der Waals surface area contributed by atoms with E-state index in [1.165, 1.54) is 6.20 Å². The Morgan fingerprint density at radius 3 is 2.50 bits per heavy atom. The molecule has 1 aromatic heterocycles. The molecule has 0 radical (unpaired) electrons. The molecule has 6 heteroatoms. The number of hydrogen-bond acceptors (Lipinski definition) is 2. The van der Waals surface area contributed by atoms with Crippen LogP contribution in [-0.2, 0) is 6.54 Å². The summed E-state index contributed by atoms with van der Waals surface area (Å²) >= 11 is 0. The van der Waals surface area contributed by atoms with Gasteiger partial charge in [0.25, 0.3) is 0 Å². The van der Waals surface area contributed by atoms with Crippen LogP contribution >= 0.6 is 0 Å². The fourth-order valence-corrected chi connectivity index (χ4v) is 1.75. The summed E-state index contributed by atoms with van der Waals surface area (Å²) in [6, 6.07) is 8.34. The van der Waals surface area contributed by atoms with Gasteiger partial charge >= 0.3 is 6.18 Å². The Morgan fingerprint density at radius 2 is 1.89 bits per heavy atom. The zero-order valence-corrected chi connectivity index (χ0v) is 9.43. The highest BCUT2D eigenvalue weighted by atomic mass is 19.4. The van der Waals surface area contributed by atoms with Crippen LogP contribution in [0.4, 0.5) is 13.2 Å². The van der Waals surface area contributed by atoms with Crippen molar-refractivity contribution in [2.24, 2.45) is 5.73 Å². The van der Waals surface area contributed by atoms with E-state index in [0.717, 1.165) is 16.5 Å². The fourth-order valence-electron chi connectivity index (χ4n) is 1.75. The highest BCUT2D eigenvalue weighted by Gasteiger charge is 2.29. The van der Waals surface area contributed by atoms with Gasteiger partial charge in [0, 0.05) is 0 Å². The molecule has 0 saturated carbocycles. The van der Waals surface area contributed by atoms with Crippen molar-refractivity contribution in [3.63, 3.8) is 0 Å². The molecule has 0 fully saturated rings. The van der Waals surface area contributed by atoms with E-state index in [9.17, 15) is 13.2 Å². The van der Waals surface area contributed by atoms with E-state index in [2.05, 4.69) is 4.98 Å². The van der Waals surface area contributed by atoms with Crippen molar-refractivity contribution < 1.29 is 13.2 Å². The zero-order chi connectivity index (χ0) is 13.2. The van der Waals surface area contributed by atoms with Crippen LogP contribution in [0.15, 0.2) is 42.9 Å². The Labute approximate surface area is 102 Å². The molecule has 0 bridgehead atoms. The molecule has 1 unspecified atom stereocenters. The maximum absolute atomic E-state index is 12.4. The molecular weight excluding hydrogens is 243 g/mol. The van der Waals surface area contributed by atoms with E-state index in [-0.39, 0.29) is 0 Å². The average Bonchev–Trinajstić information content (AvgIpc) is 2.75. The van der Waals surface area contributed by atoms with Crippen LogP contribution in [0, 0.1) is 0 Å². The first-order chi connectivity index (χ1) is 8.47. The van der Waals surface area contributed by atoms with Gasteiger partial charge in [0.15, 0.2) is 0 Å². The Hall–Kier alpha value is -1.82. The van der Waals surface area contributed by atoms with E-state index in [4.69, 9.17) is 5.73 Å². The molecule has 1 heterocycles. The monoisotopic (exact) mass is 255 g/mol. The van der Waals surface area contributed by atoms with Crippen LogP contribution in [0.1, 0.15) is 17.3 Å². The lowest BCUT2D eigenvalue weighted by atomic mass is 10.1. The summed E-state index contributed by atoms with van der Waals surface area (Å²) in [7, 11) is 0. The van der Waals surface area contributed by atoms with Gasteiger partial charge < -0.3 is 10.3 Å². The summed E-state index contributed by atoms with van der Waals surface area (Å²) in [5.41, 5.74) is 7.05. The Bertz CT molecular complexity index is 505. The maximum Gasteiger partial charge on any atom is 0.406 e. The number of halogens is 3. The molecule has 0 spiro atoms. The van der Waals surface area contributed by atoms with Gasteiger partial charge in [0.1, 0.15) is 6.54 Å². The van der Waals surface area contributed by atoms with Crippen molar-refractivity contribution in [1.82, 2.24) is 9.55 Å². The van der Waals surface area contributed by atoms with Gasteiger partial charge in [-0.2, -0.15) is 13.2 Å². The minimum Gasteiger partial charge on any atom is -0.324 e. The van der Waals surface area contributed by atoms with Crippen LogP contribution in [0.3, 0.4) is 0 Å². The minimum absolute atomic E-state index is 0.346. The van der Waals surface area contributed by atoms with E-state index in [1.807, 2.05) is 6.07 Å².